The van der Waals surface area contributed by atoms with Gasteiger partial charge >= 0.3 is 0 Å². The molecule has 1 atom stereocenters. The van der Waals surface area contributed by atoms with Crippen molar-refractivity contribution >= 4 is 39.1 Å². The number of halogens is 1. The van der Waals surface area contributed by atoms with Crippen LogP contribution in [0.15, 0.2) is 77.7 Å². The van der Waals surface area contributed by atoms with Crippen LogP contribution in [0, 0.1) is 0 Å². The summed E-state index contributed by atoms with van der Waals surface area (Å²) < 4.78 is 39.4. The van der Waals surface area contributed by atoms with Gasteiger partial charge in [-0.25, -0.2) is 8.42 Å². The zero-order valence-corrected chi connectivity index (χ0v) is 23.8. The van der Waals surface area contributed by atoms with E-state index in [9.17, 15) is 18.0 Å². The Morgan fingerprint density at radius 1 is 0.974 bits per heavy atom. The monoisotopic (exact) mass is 573 g/mol. The quantitative estimate of drug-likeness (QED) is 0.350. The summed E-state index contributed by atoms with van der Waals surface area (Å²) in [4.78, 5) is 28.1. The Labute approximate surface area is 234 Å². The van der Waals surface area contributed by atoms with Crippen molar-refractivity contribution in [3.8, 4) is 11.5 Å². The number of likely N-dealkylation sites (N-methyl/N-ethyl adjacent to an activating group) is 1. The molecule has 0 unspecified atom stereocenters. The second kappa shape index (κ2) is 13.3. The Bertz CT molecular complexity index is 1400. The van der Waals surface area contributed by atoms with Crippen molar-refractivity contribution in [1.29, 1.82) is 0 Å². The van der Waals surface area contributed by atoms with Crippen molar-refractivity contribution in [2.75, 3.05) is 31.6 Å². The van der Waals surface area contributed by atoms with E-state index in [2.05, 4.69) is 5.32 Å². The summed E-state index contributed by atoms with van der Waals surface area (Å²) in [6.45, 7) is 3.18. The summed E-state index contributed by atoms with van der Waals surface area (Å²) in [5.41, 5.74) is 0.797. The largest absolute Gasteiger partial charge is 0.497 e. The normalized spacial score (nSPS) is 11.8. The summed E-state index contributed by atoms with van der Waals surface area (Å²) in [5, 5.41) is 2.99. The number of anilines is 1. The molecule has 0 aliphatic heterocycles. The standard InChI is InChI=1S/C28H32ClN3O6S/c1-5-30-28(34)20(2)31(18-21-10-9-11-23(16-21)37-3)27(33)19-32(25-17-22(29)14-15-26(25)38-4)39(35,36)24-12-7-6-8-13-24/h6-17,20H,5,18-19H2,1-4H3,(H,30,34)/t20-/m0/s1. The summed E-state index contributed by atoms with van der Waals surface area (Å²) in [7, 11) is -1.32. The van der Waals surface area contributed by atoms with Gasteiger partial charge in [-0.3, -0.25) is 13.9 Å². The Kier molecular flexibility index (Phi) is 10.2. The predicted molar refractivity (Wildman–Crippen MR) is 151 cm³/mol. The molecule has 0 radical (unpaired) electrons. The van der Waals surface area contributed by atoms with E-state index in [1.165, 1.54) is 43.4 Å². The maximum Gasteiger partial charge on any atom is 0.264 e. The molecule has 0 saturated heterocycles. The molecule has 0 aromatic heterocycles. The summed E-state index contributed by atoms with van der Waals surface area (Å²) in [5.74, 6) is -0.171. The minimum atomic E-state index is -4.25. The lowest BCUT2D eigenvalue weighted by atomic mass is 10.1. The minimum absolute atomic E-state index is 0.0176. The van der Waals surface area contributed by atoms with Gasteiger partial charge in [0.05, 0.1) is 24.8 Å². The molecule has 0 bridgehead atoms. The molecular formula is C28H32ClN3O6S. The van der Waals surface area contributed by atoms with Crippen molar-refractivity contribution in [2.45, 2.75) is 31.3 Å². The van der Waals surface area contributed by atoms with E-state index >= 15 is 0 Å². The van der Waals surface area contributed by atoms with E-state index in [1.54, 1.807) is 62.4 Å². The van der Waals surface area contributed by atoms with Gasteiger partial charge in [0.25, 0.3) is 10.0 Å². The van der Waals surface area contributed by atoms with Crippen LogP contribution >= 0.6 is 11.6 Å². The summed E-state index contributed by atoms with van der Waals surface area (Å²) in [6, 6.07) is 18.5. The number of carbonyl (C=O) groups excluding carboxylic acids is 2. The molecule has 3 rings (SSSR count). The Morgan fingerprint density at radius 3 is 2.33 bits per heavy atom. The third-order valence-electron chi connectivity index (χ3n) is 6.03. The van der Waals surface area contributed by atoms with Crippen molar-refractivity contribution in [3.63, 3.8) is 0 Å². The van der Waals surface area contributed by atoms with Crippen molar-refractivity contribution in [1.82, 2.24) is 10.2 Å². The number of hydrogen-bond acceptors (Lipinski definition) is 6. The van der Waals surface area contributed by atoms with Crippen LogP contribution < -0.4 is 19.1 Å². The van der Waals surface area contributed by atoms with Gasteiger partial charge in [0.1, 0.15) is 24.1 Å². The average molecular weight is 574 g/mol. The van der Waals surface area contributed by atoms with Gasteiger partial charge in [-0.15, -0.1) is 0 Å². The van der Waals surface area contributed by atoms with Gasteiger partial charge in [-0.05, 0) is 61.9 Å². The van der Waals surface area contributed by atoms with Crippen LogP contribution in [-0.2, 0) is 26.2 Å². The highest BCUT2D eigenvalue weighted by Crippen LogP contribution is 2.35. The van der Waals surface area contributed by atoms with Crippen LogP contribution in [-0.4, -0.2) is 58.5 Å². The highest BCUT2D eigenvalue weighted by molar-refractivity contribution is 7.92. The second-order valence-corrected chi connectivity index (χ2v) is 10.9. The number of carbonyl (C=O) groups is 2. The van der Waals surface area contributed by atoms with Gasteiger partial charge in [0.15, 0.2) is 0 Å². The molecule has 3 aromatic carbocycles. The highest BCUT2D eigenvalue weighted by Gasteiger charge is 2.33. The van der Waals surface area contributed by atoms with E-state index in [0.29, 0.717) is 17.9 Å². The van der Waals surface area contributed by atoms with Crippen LogP contribution in [0.4, 0.5) is 5.69 Å². The molecule has 1 N–H and O–H groups in total. The van der Waals surface area contributed by atoms with Crippen molar-refractivity contribution in [2.24, 2.45) is 0 Å². The molecule has 0 spiro atoms. The number of amides is 2. The van der Waals surface area contributed by atoms with E-state index < -0.39 is 28.5 Å². The fourth-order valence-corrected chi connectivity index (χ4v) is 5.57. The summed E-state index contributed by atoms with van der Waals surface area (Å²) in [6.07, 6.45) is 0. The number of nitrogens with zero attached hydrogens (tertiary/aromatic N) is 2. The number of nitrogens with one attached hydrogen (secondary N) is 1. The Morgan fingerprint density at radius 2 is 1.69 bits per heavy atom. The number of sulfonamides is 1. The third-order valence-corrected chi connectivity index (χ3v) is 8.03. The topological polar surface area (TPSA) is 105 Å². The van der Waals surface area contributed by atoms with Crippen molar-refractivity contribution in [3.05, 3.63) is 83.4 Å². The molecule has 3 aromatic rings. The zero-order valence-electron chi connectivity index (χ0n) is 22.3. The lowest BCUT2D eigenvalue weighted by Crippen LogP contribution is -2.51. The van der Waals surface area contributed by atoms with Gasteiger partial charge in [0, 0.05) is 18.1 Å². The van der Waals surface area contributed by atoms with Crippen LogP contribution in [0.2, 0.25) is 5.02 Å². The zero-order chi connectivity index (χ0) is 28.6. The van der Waals surface area contributed by atoms with Crippen LogP contribution in [0.3, 0.4) is 0 Å². The maximum atomic E-state index is 13.9. The molecule has 39 heavy (non-hydrogen) atoms. The first-order valence-electron chi connectivity index (χ1n) is 12.2. The molecular weight excluding hydrogens is 542 g/mol. The van der Waals surface area contributed by atoms with Crippen LogP contribution in [0.25, 0.3) is 0 Å². The number of methoxy groups -OCH3 is 2. The van der Waals surface area contributed by atoms with E-state index in [1.807, 2.05) is 0 Å². The molecule has 0 fully saturated rings. The van der Waals surface area contributed by atoms with Gasteiger partial charge in [-0.2, -0.15) is 0 Å². The molecule has 9 nitrogen and oxygen atoms in total. The molecule has 2 amide bonds. The first kappa shape index (κ1) is 29.8. The minimum Gasteiger partial charge on any atom is -0.497 e. The van der Waals surface area contributed by atoms with Crippen LogP contribution in [0.5, 0.6) is 11.5 Å². The number of benzene rings is 3. The first-order chi connectivity index (χ1) is 18.6. The van der Waals surface area contributed by atoms with E-state index in [0.717, 1.165) is 4.31 Å². The maximum absolute atomic E-state index is 13.9. The molecule has 208 valence electrons. The van der Waals surface area contributed by atoms with E-state index in [4.69, 9.17) is 21.1 Å². The highest BCUT2D eigenvalue weighted by atomic mass is 35.5. The van der Waals surface area contributed by atoms with Gasteiger partial charge in [0.2, 0.25) is 11.8 Å². The fraction of sp³-hybridized carbons (Fsp3) is 0.286. The SMILES string of the molecule is CCNC(=O)[C@H](C)N(Cc1cccc(OC)c1)C(=O)CN(c1cc(Cl)ccc1OC)S(=O)(=O)c1ccccc1. The smallest absolute Gasteiger partial charge is 0.264 e. The van der Waals surface area contributed by atoms with Gasteiger partial charge in [-0.1, -0.05) is 41.9 Å². The predicted octanol–water partition coefficient (Wildman–Crippen LogP) is 4.11. The van der Waals surface area contributed by atoms with E-state index in [-0.39, 0.29) is 33.8 Å². The average Bonchev–Trinajstić information content (AvgIpc) is 2.94. The molecule has 0 aliphatic rings. The number of hydrogen-bond donors (Lipinski definition) is 1. The number of rotatable bonds is 12. The lowest BCUT2D eigenvalue weighted by Gasteiger charge is -2.32. The second-order valence-electron chi connectivity index (χ2n) is 8.58. The van der Waals surface area contributed by atoms with Crippen LogP contribution in [0.1, 0.15) is 19.4 Å². The Hall–Kier alpha value is -3.76. The third kappa shape index (κ3) is 7.21. The van der Waals surface area contributed by atoms with Crippen molar-refractivity contribution < 1.29 is 27.5 Å². The number of ether oxygens (including phenoxy) is 2. The molecule has 11 heteroatoms. The molecule has 0 saturated carbocycles. The molecule has 0 aliphatic carbocycles. The Balaban J connectivity index is 2.09. The fourth-order valence-electron chi connectivity index (χ4n) is 3.96. The lowest BCUT2D eigenvalue weighted by molar-refractivity contribution is -0.139. The molecule has 0 heterocycles. The van der Waals surface area contributed by atoms with Gasteiger partial charge < -0.3 is 19.7 Å². The first-order valence-corrected chi connectivity index (χ1v) is 14.1. The summed E-state index contributed by atoms with van der Waals surface area (Å²) >= 11 is 6.24.